The predicted octanol–water partition coefficient (Wildman–Crippen LogP) is -0.389. The number of carbonyl (C=O) groups is 1. The highest BCUT2D eigenvalue weighted by Gasteiger charge is 2.21. The van der Waals surface area contributed by atoms with Crippen LogP contribution in [-0.4, -0.2) is 29.2 Å². The van der Waals surface area contributed by atoms with Crippen molar-refractivity contribution >= 4 is 5.91 Å². The molecule has 0 heterocycles. The maximum Gasteiger partial charge on any atom is 0.234 e. The fourth-order valence-electron chi connectivity index (χ4n) is 1.01. The first-order chi connectivity index (χ1) is 5.39. The third-order valence-corrected chi connectivity index (χ3v) is 1.77. The molecule has 0 aromatic heterocycles. The van der Waals surface area contributed by atoms with E-state index in [4.69, 9.17) is 10.8 Å². The van der Waals surface area contributed by atoms with E-state index in [-0.39, 0.29) is 24.1 Å². The molecule has 1 atom stereocenters. The van der Waals surface area contributed by atoms with Gasteiger partial charge in [0.15, 0.2) is 0 Å². The average Bonchev–Trinajstić information content (AvgIpc) is 1.85. The maximum absolute atomic E-state index is 10.7. The molecule has 0 aliphatic carbocycles. The third kappa shape index (κ3) is 4.31. The monoisotopic (exact) mass is 174 g/mol. The molecule has 1 amide bonds. The molecule has 4 nitrogen and oxygen atoms in total. The van der Waals surface area contributed by atoms with Crippen molar-refractivity contribution < 1.29 is 9.90 Å². The lowest BCUT2D eigenvalue weighted by Gasteiger charge is -2.28. The van der Waals surface area contributed by atoms with Crippen molar-refractivity contribution in [2.75, 3.05) is 6.61 Å². The topological polar surface area (TPSA) is 75.3 Å². The standard InChI is InChI=1S/C8H18N2O2/c1-6(7(9)12)10-8(2,3)4-5-11/h6,10-11H,4-5H2,1-3H3,(H2,9,12). The number of rotatable bonds is 5. The number of hydrogen-bond donors (Lipinski definition) is 3. The van der Waals surface area contributed by atoms with E-state index in [9.17, 15) is 4.79 Å². The molecule has 0 saturated heterocycles. The van der Waals surface area contributed by atoms with E-state index in [0.29, 0.717) is 6.42 Å². The highest BCUT2D eigenvalue weighted by atomic mass is 16.3. The first-order valence-corrected chi connectivity index (χ1v) is 4.07. The van der Waals surface area contributed by atoms with Crippen LogP contribution in [0.4, 0.5) is 0 Å². The van der Waals surface area contributed by atoms with Gasteiger partial charge < -0.3 is 16.2 Å². The minimum absolute atomic E-state index is 0.103. The van der Waals surface area contributed by atoms with E-state index in [1.54, 1.807) is 6.92 Å². The molecule has 0 bridgehead atoms. The number of nitrogens with one attached hydrogen (secondary N) is 1. The molecule has 0 radical (unpaired) electrons. The Morgan fingerprint density at radius 1 is 1.67 bits per heavy atom. The van der Waals surface area contributed by atoms with Crippen LogP contribution in [0.1, 0.15) is 27.2 Å². The van der Waals surface area contributed by atoms with Gasteiger partial charge in [-0.25, -0.2) is 0 Å². The van der Waals surface area contributed by atoms with Gasteiger partial charge in [-0.05, 0) is 27.2 Å². The first kappa shape index (κ1) is 11.4. The third-order valence-electron chi connectivity index (χ3n) is 1.77. The summed E-state index contributed by atoms with van der Waals surface area (Å²) in [6, 6.07) is -0.355. The smallest absolute Gasteiger partial charge is 0.234 e. The summed E-state index contributed by atoms with van der Waals surface area (Å²) >= 11 is 0. The lowest BCUT2D eigenvalue weighted by atomic mass is 10.00. The molecule has 4 N–H and O–H groups in total. The van der Waals surface area contributed by atoms with Crippen molar-refractivity contribution in [1.29, 1.82) is 0 Å². The van der Waals surface area contributed by atoms with Crippen LogP contribution in [0.15, 0.2) is 0 Å². The molecule has 1 unspecified atom stereocenters. The molecular weight excluding hydrogens is 156 g/mol. The van der Waals surface area contributed by atoms with Crippen molar-refractivity contribution in [3.8, 4) is 0 Å². The molecule has 0 aromatic rings. The molecule has 4 heteroatoms. The van der Waals surface area contributed by atoms with Crippen molar-refractivity contribution in [2.45, 2.75) is 38.8 Å². The van der Waals surface area contributed by atoms with E-state index in [2.05, 4.69) is 5.32 Å². The second-order valence-corrected chi connectivity index (χ2v) is 3.63. The van der Waals surface area contributed by atoms with Gasteiger partial charge in [-0.15, -0.1) is 0 Å². The van der Waals surface area contributed by atoms with E-state index >= 15 is 0 Å². The van der Waals surface area contributed by atoms with Gasteiger partial charge in [0.1, 0.15) is 0 Å². The number of nitrogens with two attached hydrogens (primary N) is 1. The molecule has 0 aliphatic rings. The second-order valence-electron chi connectivity index (χ2n) is 3.63. The molecule has 0 saturated carbocycles. The summed E-state index contributed by atoms with van der Waals surface area (Å²) in [4.78, 5) is 10.7. The lowest BCUT2D eigenvalue weighted by molar-refractivity contribution is -0.120. The molecule has 12 heavy (non-hydrogen) atoms. The highest BCUT2D eigenvalue weighted by molar-refractivity contribution is 5.79. The quantitative estimate of drug-likeness (QED) is 0.531. The summed E-state index contributed by atoms with van der Waals surface area (Å²) in [6.07, 6.45) is 0.602. The van der Waals surface area contributed by atoms with Crippen LogP contribution in [0.3, 0.4) is 0 Å². The lowest BCUT2D eigenvalue weighted by Crippen LogP contribution is -2.50. The van der Waals surface area contributed by atoms with Gasteiger partial charge in [-0.1, -0.05) is 0 Å². The SMILES string of the molecule is CC(NC(C)(C)CCO)C(N)=O. The van der Waals surface area contributed by atoms with Crippen LogP contribution in [-0.2, 0) is 4.79 Å². The normalized spacial score (nSPS) is 14.3. The van der Waals surface area contributed by atoms with Crippen LogP contribution >= 0.6 is 0 Å². The fraction of sp³-hybridized carbons (Fsp3) is 0.875. The van der Waals surface area contributed by atoms with Crippen LogP contribution in [0.2, 0.25) is 0 Å². The first-order valence-electron chi connectivity index (χ1n) is 4.07. The number of primary amides is 1. The van der Waals surface area contributed by atoms with Gasteiger partial charge in [0.2, 0.25) is 5.91 Å². The summed E-state index contributed by atoms with van der Waals surface area (Å²) in [6.45, 7) is 5.65. The minimum Gasteiger partial charge on any atom is -0.396 e. The van der Waals surface area contributed by atoms with E-state index < -0.39 is 0 Å². The van der Waals surface area contributed by atoms with E-state index in [1.165, 1.54) is 0 Å². The largest absolute Gasteiger partial charge is 0.396 e. The molecular formula is C8H18N2O2. The summed E-state index contributed by atoms with van der Waals surface area (Å²) in [5.41, 5.74) is 4.83. The van der Waals surface area contributed by atoms with Gasteiger partial charge in [0, 0.05) is 12.1 Å². The van der Waals surface area contributed by atoms with Gasteiger partial charge in [-0.3, -0.25) is 4.79 Å². The number of amides is 1. The zero-order valence-corrected chi connectivity index (χ0v) is 7.92. The molecule has 0 rings (SSSR count). The van der Waals surface area contributed by atoms with Gasteiger partial charge >= 0.3 is 0 Å². The van der Waals surface area contributed by atoms with Crippen molar-refractivity contribution in [3.05, 3.63) is 0 Å². The van der Waals surface area contributed by atoms with Crippen molar-refractivity contribution in [1.82, 2.24) is 5.32 Å². The van der Waals surface area contributed by atoms with Crippen LogP contribution < -0.4 is 11.1 Å². The zero-order chi connectivity index (χ0) is 9.78. The predicted molar refractivity (Wildman–Crippen MR) is 47.6 cm³/mol. The number of aliphatic hydroxyl groups excluding tert-OH is 1. The minimum atomic E-state index is -0.374. The summed E-state index contributed by atoms with van der Waals surface area (Å²) in [5.74, 6) is -0.374. The van der Waals surface area contributed by atoms with E-state index in [0.717, 1.165) is 0 Å². The fourth-order valence-corrected chi connectivity index (χ4v) is 1.01. The summed E-state index contributed by atoms with van der Waals surface area (Å²) in [5, 5.41) is 11.7. The van der Waals surface area contributed by atoms with Gasteiger partial charge in [0.25, 0.3) is 0 Å². The molecule has 0 aromatic carbocycles. The number of aliphatic hydroxyl groups is 1. The Balaban J connectivity index is 3.95. The number of carbonyl (C=O) groups excluding carboxylic acids is 1. The van der Waals surface area contributed by atoms with Crippen LogP contribution in [0.5, 0.6) is 0 Å². The Morgan fingerprint density at radius 2 is 2.17 bits per heavy atom. The van der Waals surface area contributed by atoms with Crippen molar-refractivity contribution in [3.63, 3.8) is 0 Å². The van der Waals surface area contributed by atoms with Crippen LogP contribution in [0, 0.1) is 0 Å². The van der Waals surface area contributed by atoms with Crippen molar-refractivity contribution in [2.24, 2.45) is 5.73 Å². The summed E-state index contributed by atoms with van der Waals surface area (Å²) < 4.78 is 0. The van der Waals surface area contributed by atoms with Gasteiger partial charge in [0.05, 0.1) is 6.04 Å². The Labute approximate surface area is 73.1 Å². The summed E-state index contributed by atoms with van der Waals surface area (Å²) in [7, 11) is 0. The van der Waals surface area contributed by atoms with Gasteiger partial charge in [-0.2, -0.15) is 0 Å². The molecule has 0 aliphatic heterocycles. The Morgan fingerprint density at radius 3 is 2.50 bits per heavy atom. The van der Waals surface area contributed by atoms with E-state index in [1.807, 2.05) is 13.8 Å². The zero-order valence-electron chi connectivity index (χ0n) is 7.92. The average molecular weight is 174 g/mol. The molecule has 72 valence electrons. The Bertz CT molecular complexity index is 157. The Kier molecular flexibility index (Phi) is 4.20. The maximum atomic E-state index is 10.7. The molecule has 0 spiro atoms. The Hall–Kier alpha value is -0.610. The molecule has 0 fully saturated rings. The second kappa shape index (κ2) is 4.42. The van der Waals surface area contributed by atoms with Crippen LogP contribution in [0.25, 0.3) is 0 Å². The number of hydrogen-bond acceptors (Lipinski definition) is 3. The highest BCUT2D eigenvalue weighted by Crippen LogP contribution is 2.07.